The molecular weight excluding hydrogens is 234 g/mol. The number of halogens is 1. The molecule has 0 atom stereocenters. The molecule has 1 aliphatic rings. The van der Waals surface area contributed by atoms with Crippen molar-refractivity contribution in [3.63, 3.8) is 0 Å². The van der Waals surface area contributed by atoms with E-state index in [1.165, 1.54) is 0 Å². The Balaban J connectivity index is 1.84. The van der Waals surface area contributed by atoms with Crippen LogP contribution < -0.4 is 0 Å². The lowest BCUT2D eigenvalue weighted by molar-refractivity contribution is 0.0889. The van der Waals surface area contributed by atoms with Crippen LogP contribution >= 0.6 is 11.6 Å². The van der Waals surface area contributed by atoms with E-state index in [2.05, 4.69) is 16.7 Å². The molecule has 0 bridgehead atoms. The smallest absolute Gasteiger partial charge is 0.0605 e. The first kappa shape index (κ1) is 12.4. The topological polar surface area (TPSA) is 23.5 Å². The number of nitrogens with zero attached hydrogens (tertiary/aromatic N) is 1. The number of hydrogen-bond donors (Lipinski definition) is 1. The number of rotatable bonds is 1. The quantitative estimate of drug-likeness (QED) is 0.771. The van der Waals surface area contributed by atoms with Gasteiger partial charge in [0.25, 0.3) is 0 Å². The summed E-state index contributed by atoms with van der Waals surface area (Å²) < 4.78 is 0. The molecule has 1 N–H and O–H groups in total. The molecule has 3 heteroatoms. The van der Waals surface area contributed by atoms with Gasteiger partial charge in [-0.25, -0.2) is 0 Å². The SMILES string of the molecule is OC1CCN(CC#Cc2ccc(Cl)cc2)CC1. The third-order valence-corrected chi connectivity index (χ3v) is 3.19. The van der Waals surface area contributed by atoms with Gasteiger partial charge in [0, 0.05) is 23.7 Å². The van der Waals surface area contributed by atoms with Crippen LogP contribution in [0.5, 0.6) is 0 Å². The van der Waals surface area contributed by atoms with Gasteiger partial charge in [0.2, 0.25) is 0 Å². The number of hydrogen-bond acceptors (Lipinski definition) is 2. The summed E-state index contributed by atoms with van der Waals surface area (Å²) in [5.74, 6) is 6.27. The zero-order chi connectivity index (χ0) is 12.1. The Hall–Kier alpha value is -1.01. The second-order valence-electron chi connectivity index (χ2n) is 4.32. The van der Waals surface area contributed by atoms with E-state index in [0.717, 1.165) is 43.1 Å². The van der Waals surface area contributed by atoms with Crippen LogP contribution in [0.4, 0.5) is 0 Å². The van der Waals surface area contributed by atoms with Crippen LogP contribution in [0.25, 0.3) is 0 Å². The van der Waals surface area contributed by atoms with Crippen molar-refractivity contribution in [3.8, 4) is 11.8 Å². The molecule has 17 heavy (non-hydrogen) atoms. The van der Waals surface area contributed by atoms with E-state index in [9.17, 15) is 5.11 Å². The molecule has 0 aliphatic carbocycles. The Morgan fingerprint density at radius 3 is 2.53 bits per heavy atom. The largest absolute Gasteiger partial charge is 0.393 e. The highest BCUT2D eigenvalue weighted by molar-refractivity contribution is 6.30. The molecular formula is C14H16ClNO. The molecule has 1 saturated heterocycles. The Morgan fingerprint density at radius 1 is 1.24 bits per heavy atom. The minimum absolute atomic E-state index is 0.115. The van der Waals surface area contributed by atoms with Crippen LogP contribution in [-0.4, -0.2) is 35.7 Å². The van der Waals surface area contributed by atoms with Gasteiger partial charge in [0.1, 0.15) is 0 Å². The monoisotopic (exact) mass is 249 g/mol. The number of aliphatic hydroxyl groups is 1. The summed E-state index contributed by atoms with van der Waals surface area (Å²) in [5.41, 5.74) is 0.992. The predicted octanol–water partition coefficient (Wildman–Crippen LogP) is 2.15. The molecule has 1 aromatic carbocycles. The zero-order valence-corrected chi connectivity index (χ0v) is 10.5. The molecule has 0 unspecified atom stereocenters. The first-order valence-electron chi connectivity index (χ1n) is 5.89. The van der Waals surface area contributed by atoms with Gasteiger partial charge in [0.05, 0.1) is 12.6 Å². The fraction of sp³-hybridized carbons (Fsp3) is 0.429. The van der Waals surface area contributed by atoms with Crippen molar-refractivity contribution in [3.05, 3.63) is 34.9 Å². The van der Waals surface area contributed by atoms with E-state index in [-0.39, 0.29) is 6.10 Å². The molecule has 90 valence electrons. The summed E-state index contributed by atoms with van der Waals surface area (Å²) in [6.07, 6.45) is 1.61. The standard InChI is InChI=1S/C14H16ClNO/c15-13-5-3-12(4-6-13)2-1-9-16-10-7-14(17)8-11-16/h3-6,14,17H,7-11H2. The van der Waals surface area contributed by atoms with Crippen LogP contribution in [0.15, 0.2) is 24.3 Å². The molecule has 0 amide bonds. The average Bonchev–Trinajstić information content (AvgIpc) is 2.34. The maximum Gasteiger partial charge on any atom is 0.0605 e. The van der Waals surface area contributed by atoms with Crippen molar-refractivity contribution in [2.75, 3.05) is 19.6 Å². The highest BCUT2D eigenvalue weighted by Crippen LogP contribution is 2.10. The minimum Gasteiger partial charge on any atom is -0.393 e. The Bertz CT molecular complexity index is 410. The average molecular weight is 250 g/mol. The molecule has 1 heterocycles. The van der Waals surface area contributed by atoms with Crippen LogP contribution in [0.1, 0.15) is 18.4 Å². The highest BCUT2D eigenvalue weighted by atomic mass is 35.5. The summed E-state index contributed by atoms with van der Waals surface area (Å²) in [6, 6.07) is 7.55. The van der Waals surface area contributed by atoms with Crippen LogP contribution in [0.2, 0.25) is 5.02 Å². The molecule has 1 aliphatic heterocycles. The van der Waals surface area contributed by atoms with Gasteiger partial charge in [-0.15, -0.1) is 0 Å². The molecule has 0 saturated carbocycles. The Kier molecular flexibility index (Phi) is 4.44. The maximum atomic E-state index is 9.38. The van der Waals surface area contributed by atoms with Gasteiger partial charge in [0.15, 0.2) is 0 Å². The summed E-state index contributed by atoms with van der Waals surface area (Å²) in [6.45, 7) is 2.66. The normalized spacial score (nSPS) is 17.5. The van der Waals surface area contributed by atoms with E-state index in [1.807, 2.05) is 24.3 Å². The lowest BCUT2D eigenvalue weighted by Gasteiger charge is -2.27. The van der Waals surface area contributed by atoms with Crippen LogP contribution in [0, 0.1) is 11.8 Å². The highest BCUT2D eigenvalue weighted by Gasteiger charge is 2.15. The van der Waals surface area contributed by atoms with Crippen LogP contribution in [-0.2, 0) is 0 Å². The number of likely N-dealkylation sites (tertiary alicyclic amines) is 1. The molecule has 0 spiro atoms. The summed E-state index contributed by atoms with van der Waals surface area (Å²) in [5, 5.41) is 10.1. The lowest BCUT2D eigenvalue weighted by Crippen LogP contribution is -2.35. The van der Waals surface area contributed by atoms with Gasteiger partial charge in [-0.2, -0.15) is 0 Å². The molecule has 0 radical (unpaired) electrons. The number of aliphatic hydroxyl groups excluding tert-OH is 1. The second kappa shape index (κ2) is 6.07. The molecule has 1 aromatic rings. The fourth-order valence-electron chi connectivity index (χ4n) is 1.86. The second-order valence-corrected chi connectivity index (χ2v) is 4.75. The van der Waals surface area contributed by atoms with Crippen molar-refractivity contribution in [2.24, 2.45) is 0 Å². The van der Waals surface area contributed by atoms with Gasteiger partial charge >= 0.3 is 0 Å². The number of benzene rings is 1. The van der Waals surface area contributed by atoms with E-state index in [4.69, 9.17) is 11.6 Å². The van der Waals surface area contributed by atoms with Gasteiger partial charge in [-0.05, 0) is 37.1 Å². The summed E-state index contributed by atoms with van der Waals surface area (Å²) in [4.78, 5) is 2.27. The predicted molar refractivity (Wildman–Crippen MR) is 70.0 cm³/mol. The maximum absolute atomic E-state index is 9.38. The van der Waals surface area contributed by atoms with Crippen LogP contribution in [0.3, 0.4) is 0 Å². The van der Waals surface area contributed by atoms with Crippen molar-refractivity contribution in [1.82, 2.24) is 4.90 Å². The van der Waals surface area contributed by atoms with E-state index >= 15 is 0 Å². The third-order valence-electron chi connectivity index (χ3n) is 2.94. The summed E-state index contributed by atoms with van der Waals surface area (Å²) >= 11 is 5.80. The van der Waals surface area contributed by atoms with Crippen molar-refractivity contribution >= 4 is 11.6 Å². The van der Waals surface area contributed by atoms with E-state index in [1.54, 1.807) is 0 Å². The first-order chi connectivity index (χ1) is 8.24. The van der Waals surface area contributed by atoms with Crippen molar-refractivity contribution in [2.45, 2.75) is 18.9 Å². The summed E-state index contributed by atoms with van der Waals surface area (Å²) in [7, 11) is 0. The molecule has 1 fully saturated rings. The van der Waals surface area contributed by atoms with Crippen molar-refractivity contribution in [1.29, 1.82) is 0 Å². The number of piperidine rings is 1. The fourth-order valence-corrected chi connectivity index (χ4v) is 1.99. The van der Waals surface area contributed by atoms with Gasteiger partial charge in [-0.3, -0.25) is 4.90 Å². The first-order valence-corrected chi connectivity index (χ1v) is 6.27. The zero-order valence-electron chi connectivity index (χ0n) is 9.69. The lowest BCUT2D eigenvalue weighted by atomic mass is 10.1. The molecule has 2 nitrogen and oxygen atoms in total. The van der Waals surface area contributed by atoms with Crippen molar-refractivity contribution < 1.29 is 5.11 Å². The van der Waals surface area contributed by atoms with E-state index < -0.39 is 0 Å². The van der Waals surface area contributed by atoms with Gasteiger partial charge in [-0.1, -0.05) is 23.4 Å². The van der Waals surface area contributed by atoms with E-state index in [0.29, 0.717) is 0 Å². The van der Waals surface area contributed by atoms with Gasteiger partial charge < -0.3 is 5.11 Å². The molecule has 0 aromatic heterocycles. The third kappa shape index (κ3) is 4.05. The minimum atomic E-state index is -0.115. The Labute approximate surface area is 107 Å². The molecule has 2 rings (SSSR count). The Morgan fingerprint density at radius 2 is 1.88 bits per heavy atom.